The van der Waals surface area contributed by atoms with E-state index in [0.29, 0.717) is 53.1 Å². The van der Waals surface area contributed by atoms with E-state index in [0.717, 1.165) is 11.1 Å². The van der Waals surface area contributed by atoms with Gasteiger partial charge in [-0.1, -0.05) is 28.9 Å². The third-order valence-corrected chi connectivity index (χ3v) is 5.09. The second-order valence-corrected chi connectivity index (χ2v) is 7.37. The lowest BCUT2D eigenvalue weighted by Crippen LogP contribution is -2.38. The van der Waals surface area contributed by atoms with E-state index in [1.165, 1.54) is 0 Å². The standard InChI is InChI=1S/C21H20ClN5O3/c1-13-2-3-19(23-10-13)25-21(29)27-6-4-14(5-7-27)20-17(22)8-15(11-24-20)18-9-16(12-28)30-26-18/h2-4,8-11,28H,5-7,12H2,1H3,(H,23,25,29). The van der Waals surface area contributed by atoms with Gasteiger partial charge in [0.25, 0.3) is 0 Å². The topological polar surface area (TPSA) is 104 Å². The fraction of sp³-hybridized carbons (Fsp3) is 0.238. The summed E-state index contributed by atoms with van der Waals surface area (Å²) >= 11 is 6.46. The number of amides is 2. The van der Waals surface area contributed by atoms with Crippen LogP contribution in [-0.4, -0.2) is 44.3 Å². The van der Waals surface area contributed by atoms with E-state index in [2.05, 4.69) is 20.4 Å². The second-order valence-electron chi connectivity index (χ2n) is 6.97. The Morgan fingerprint density at radius 3 is 2.80 bits per heavy atom. The van der Waals surface area contributed by atoms with E-state index in [1.54, 1.807) is 35.5 Å². The Morgan fingerprint density at radius 2 is 2.17 bits per heavy atom. The number of halogens is 1. The first-order valence-corrected chi connectivity index (χ1v) is 9.81. The zero-order chi connectivity index (χ0) is 21.1. The minimum absolute atomic E-state index is 0.193. The summed E-state index contributed by atoms with van der Waals surface area (Å²) in [5.74, 6) is 0.900. The number of hydrogen-bond acceptors (Lipinski definition) is 6. The summed E-state index contributed by atoms with van der Waals surface area (Å²) in [7, 11) is 0. The number of aliphatic hydroxyl groups is 1. The molecule has 4 rings (SSSR count). The molecule has 0 aliphatic carbocycles. The number of aliphatic hydroxyl groups excluding tert-OH is 1. The molecule has 0 saturated carbocycles. The number of hydrogen-bond donors (Lipinski definition) is 2. The fourth-order valence-corrected chi connectivity index (χ4v) is 3.42. The van der Waals surface area contributed by atoms with Crippen LogP contribution in [0.25, 0.3) is 16.8 Å². The molecule has 0 atom stereocenters. The normalized spacial score (nSPS) is 13.8. The molecule has 30 heavy (non-hydrogen) atoms. The van der Waals surface area contributed by atoms with Gasteiger partial charge < -0.3 is 14.5 Å². The maximum Gasteiger partial charge on any atom is 0.323 e. The van der Waals surface area contributed by atoms with Crippen molar-refractivity contribution in [1.29, 1.82) is 0 Å². The molecule has 0 fully saturated rings. The Bertz CT molecular complexity index is 1090. The van der Waals surface area contributed by atoms with Crippen molar-refractivity contribution in [1.82, 2.24) is 20.0 Å². The van der Waals surface area contributed by atoms with Gasteiger partial charge in [0.2, 0.25) is 0 Å². The number of urea groups is 1. The maximum atomic E-state index is 12.5. The molecule has 3 aromatic heterocycles. The van der Waals surface area contributed by atoms with Gasteiger partial charge in [-0.3, -0.25) is 10.3 Å². The number of aromatic nitrogens is 3. The molecule has 2 N–H and O–H groups in total. The number of nitrogens with zero attached hydrogens (tertiary/aromatic N) is 4. The van der Waals surface area contributed by atoms with Crippen molar-refractivity contribution in [2.75, 3.05) is 18.4 Å². The Morgan fingerprint density at radius 1 is 1.30 bits per heavy atom. The number of aryl methyl sites for hydroxylation is 1. The number of anilines is 1. The van der Waals surface area contributed by atoms with Gasteiger partial charge in [0, 0.05) is 37.1 Å². The number of pyridine rings is 2. The highest BCUT2D eigenvalue weighted by atomic mass is 35.5. The molecule has 3 aromatic rings. The monoisotopic (exact) mass is 425 g/mol. The van der Waals surface area contributed by atoms with Crippen LogP contribution in [0.1, 0.15) is 23.4 Å². The summed E-state index contributed by atoms with van der Waals surface area (Å²) in [5, 5.41) is 16.3. The van der Waals surface area contributed by atoms with Crippen molar-refractivity contribution in [3.05, 3.63) is 64.8 Å². The first kappa shape index (κ1) is 20.1. The second kappa shape index (κ2) is 8.64. The maximum absolute atomic E-state index is 12.5. The predicted molar refractivity (Wildman–Crippen MR) is 113 cm³/mol. The summed E-state index contributed by atoms with van der Waals surface area (Å²) in [6, 6.07) is 6.90. The third kappa shape index (κ3) is 4.34. The first-order chi connectivity index (χ1) is 14.5. The van der Waals surface area contributed by atoms with Crippen LogP contribution in [0.5, 0.6) is 0 Å². The zero-order valence-corrected chi connectivity index (χ0v) is 17.1. The van der Waals surface area contributed by atoms with Crippen molar-refractivity contribution >= 4 is 29.0 Å². The third-order valence-electron chi connectivity index (χ3n) is 4.80. The van der Waals surface area contributed by atoms with E-state index in [9.17, 15) is 4.79 Å². The molecule has 0 radical (unpaired) electrons. The smallest absolute Gasteiger partial charge is 0.323 e. The number of nitrogens with one attached hydrogen (secondary N) is 1. The van der Waals surface area contributed by atoms with Gasteiger partial charge in [-0.25, -0.2) is 9.78 Å². The Kier molecular flexibility index (Phi) is 5.78. The molecule has 2 amide bonds. The molecule has 9 heteroatoms. The molecule has 154 valence electrons. The SMILES string of the molecule is Cc1ccc(NC(=O)N2CC=C(c3ncc(-c4cc(CO)on4)cc3Cl)CC2)nc1. The Labute approximate surface area is 178 Å². The number of carbonyl (C=O) groups is 1. The lowest BCUT2D eigenvalue weighted by atomic mass is 10.0. The number of rotatable bonds is 4. The van der Waals surface area contributed by atoms with Gasteiger partial charge in [-0.15, -0.1) is 0 Å². The largest absolute Gasteiger partial charge is 0.388 e. The van der Waals surface area contributed by atoms with Crippen molar-refractivity contribution < 1.29 is 14.4 Å². The van der Waals surface area contributed by atoms with Crippen molar-refractivity contribution in [2.45, 2.75) is 20.0 Å². The highest BCUT2D eigenvalue weighted by Crippen LogP contribution is 2.30. The van der Waals surface area contributed by atoms with Crippen molar-refractivity contribution in [3.63, 3.8) is 0 Å². The molecule has 0 aromatic carbocycles. The minimum atomic E-state index is -0.219. The number of carbonyl (C=O) groups excluding carboxylic acids is 1. The lowest BCUT2D eigenvalue weighted by Gasteiger charge is -2.26. The predicted octanol–water partition coefficient (Wildman–Crippen LogP) is 3.91. The van der Waals surface area contributed by atoms with Crippen LogP contribution in [-0.2, 0) is 6.61 Å². The average molecular weight is 426 g/mol. The Balaban J connectivity index is 1.43. The van der Waals surface area contributed by atoms with Gasteiger partial charge in [-0.05, 0) is 36.6 Å². The summed E-state index contributed by atoms with van der Waals surface area (Å²) < 4.78 is 5.01. The Hall–Kier alpha value is -3.23. The molecule has 8 nitrogen and oxygen atoms in total. The summed E-state index contributed by atoms with van der Waals surface area (Å²) in [5.41, 5.74) is 3.97. The van der Waals surface area contributed by atoms with Gasteiger partial charge in [0.1, 0.15) is 18.1 Å². The van der Waals surface area contributed by atoms with Crippen LogP contribution in [0.2, 0.25) is 5.02 Å². The molecule has 0 bridgehead atoms. The summed E-state index contributed by atoms with van der Waals surface area (Å²) in [6.45, 7) is 2.73. The van der Waals surface area contributed by atoms with E-state index in [4.69, 9.17) is 21.2 Å². The molecule has 1 aliphatic heterocycles. The molecular weight excluding hydrogens is 406 g/mol. The van der Waals surface area contributed by atoms with Crippen LogP contribution in [0.4, 0.5) is 10.6 Å². The van der Waals surface area contributed by atoms with Crippen LogP contribution in [0.3, 0.4) is 0 Å². The fourth-order valence-electron chi connectivity index (χ4n) is 3.14. The van der Waals surface area contributed by atoms with Crippen LogP contribution in [0, 0.1) is 6.92 Å². The minimum Gasteiger partial charge on any atom is -0.388 e. The zero-order valence-electron chi connectivity index (χ0n) is 16.3. The molecular formula is C21H20ClN5O3. The highest BCUT2D eigenvalue weighted by molar-refractivity contribution is 6.32. The molecule has 0 unspecified atom stereocenters. The van der Waals surface area contributed by atoms with Crippen molar-refractivity contribution in [3.8, 4) is 11.3 Å². The van der Waals surface area contributed by atoms with E-state index < -0.39 is 0 Å². The summed E-state index contributed by atoms with van der Waals surface area (Å²) in [6.07, 6.45) is 5.98. The van der Waals surface area contributed by atoms with E-state index in [-0.39, 0.29) is 12.6 Å². The lowest BCUT2D eigenvalue weighted by molar-refractivity contribution is 0.217. The van der Waals surface area contributed by atoms with E-state index >= 15 is 0 Å². The van der Waals surface area contributed by atoms with Gasteiger partial charge >= 0.3 is 6.03 Å². The van der Waals surface area contributed by atoms with Crippen LogP contribution in [0.15, 0.2) is 47.3 Å². The molecule has 0 spiro atoms. The van der Waals surface area contributed by atoms with Gasteiger partial charge in [0.05, 0.1) is 10.7 Å². The van der Waals surface area contributed by atoms with Gasteiger partial charge in [0.15, 0.2) is 5.76 Å². The van der Waals surface area contributed by atoms with Crippen LogP contribution >= 0.6 is 11.6 Å². The first-order valence-electron chi connectivity index (χ1n) is 9.44. The van der Waals surface area contributed by atoms with E-state index in [1.807, 2.05) is 19.1 Å². The van der Waals surface area contributed by atoms with Gasteiger partial charge in [-0.2, -0.15) is 0 Å². The van der Waals surface area contributed by atoms with Crippen molar-refractivity contribution in [2.24, 2.45) is 0 Å². The molecule has 4 heterocycles. The summed E-state index contributed by atoms with van der Waals surface area (Å²) in [4.78, 5) is 22.9. The average Bonchev–Trinajstić information content (AvgIpc) is 3.25. The molecule has 0 saturated heterocycles. The quantitative estimate of drug-likeness (QED) is 0.656. The molecule has 1 aliphatic rings. The highest BCUT2D eigenvalue weighted by Gasteiger charge is 2.20. The van der Waals surface area contributed by atoms with Crippen LogP contribution < -0.4 is 5.32 Å².